The second kappa shape index (κ2) is 11.3. The van der Waals surface area contributed by atoms with E-state index in [4.69, 9.17) is 5.26 Å². The minimum Gasteiger partial charge on any atom is -0.314 e. The van der Waals surface area contributed by atoms with Gasteiger partial charge >= 0.3 is 0 Å². The molecule has 0 bridgehead atoms. The fourth-order valence-electron chi connectivity index (χ4n) is 3.48. The normalized spacial score (nSPS) is 32.9. The fourth-order valence-corrected chi connectivity index (χ4v) is 3.48. The largest absolute Gasteiger partial charge is 0.314 e. The van der Waals surface area contributed by atoms with Crippen LogP contribution in [-0.2, 0) is 4.99 Å². The molecule has 1 heterocycles. The summed E-state index contributed by atoms with van der Waals surface area (Å²) < 4.78 is 0. The maximum atomic E-state index is 8.46. The van der Waals surface area contributed by atoms with Crippen LogP contribution in [-0.4, -0.2) is 63.2 Å². The molecular formula is C15H33N5O2. The Hall–Kier alpha value is -0.280. The van der Waals surface area contributed by atoms with Crippen LogP contribution in [0.25, 0.3) is 0 Å². The minimum absolute atomic E-state index is 0.305. The molecule has 130 valence electrons. The Labute approximate surface area is 133 Å². The molecule has 1 atom stereocenters. The third-order valence-corrected chi connectivity index (χ3v) is 4.77. The van der Waals surface area contributed by atoms with E-state index in [-0.39, 0.29) is 0 Å². The molecule has 2 aliphatic rings. The maximum absolute atomic E-state index is 8.46. The van der Waals surface area contributed by atoms with Crippen molar-refractivity contribution >= 4 is 0 Å². The van der Waals surface area contributed by atoms with Gasteiger partial charge in [0.2, 0.25) is 0 Å². The van der Waals surface area contributed by atoms with Crippen LogP contribution in [0.4, 0.5) is 0 Å². The summed E-state index contributed by atoms with van der Waals surface area (Å²) in [7, 11) is 0. The summed E-state index contributed by atoms with van der Waals surface area (Å²) >= 11 is 0. The lowest BCUT2D eigenvalue weighted by Gasteiger charge is -2.31. The Morgan fingerprint density at radius 2 is 1.50 bits per heavy atom. The zero-order valence-electron chi connectivity index (χ0n) is 13.6. The molecule has 1 aliphatic heterocycles. The van der Waals surface area contributed by atoms with Crippen molar-refractivity contribution in [1.82, 2.24) is 26.7 Å². The van der Waals surface area contributed by atoms with Crippen molar-refractivity contribution in [3.63, 3.8) is 0 Å². The smallest absolute Gasteiger partial charge is 0.0352 e. The minimum atomic E-state index is 0.305. The van der Waals surface area contributed by atoms with E-state index in [0.717, 1.165) is 64.6 Å². The monoisotopic (exact) mass is 315 g/mol. The van der Waals surface area contributed by atoms with Gasteiger partial charge in [-0.05, 0) is 38.0 Å². The molecule has 0 aromatic carbocycles. The Bertz CT molecular complexity index is 263. The first-order valence-corrected chi connectivity index (χ1v) is 8.80. The van der Waals surface area contributed by atoms with E-state index in [1.807, 2.05) is 0 Å². The number of hydroxylamine groups is 1. The summed E-state index contributed by atoms with van der Waals surface area (Å²) in [5.74, 6) is 0.773. The summed E-state index contributed by atoms with van der Waals surface area (Å²) in [6.07, 6.45) is 5.80. The van der Waals surface area contributed by atoms with Crippen LogP contribution in [0.2, 0.25) is 0 Å². The average Bonchev–Trinajstić information content (AvgIpc) is 2.52. The van der Waals surface area contributed by atoms with Crippen molar-refractivity contribution in [2.75, 3.05) is 45.8 Å². The molecule has 1 saturated carbocycles. The number of hydrogen-bond donors (Lipinski definition) is 6. The first-order valence-electron chi connectivity index (χ1n) is 8.80. The highest BCUT2D eigenvalue weighted by atomic mass is 17.2. The van der Waals surface area contributed by atoms with E-state index < -0.39 is 0 Å². The molecule has 0 spiro atoms. The number of rotatable bonds is 4. The highest BCUT2D eigenvalue weighted by molar-refractivity contribution is 4.81. The van der Waals surface area contributed by atoms with Crippen molar-refractivity contribution in [3.05, 3.63) is 0 Å². The van der Waals surface area contributed by atoms with Gasteiger partial charge in [-0.25, -0.2) is 5.26 Å². The number of hydrogen-bond acceptors (Lipinski definition) is 7. The molecule has 2 fully saturated rings. The molecule has 2 rings (SSSR count). The summed E-state index contributed by atoms with van der Waals surface area (Å²) in [5, 5.41) is 22.6. The van der Waals surface area contributed by atoms with Gasteiger partial charge in [-0.2, -0.15) is 5.48 Å². The summed E-state index contributed by atoms with van der Waals surface area (Å²) in [5.41, 5.74) is 2.67. The van der Waals surface area contributed by atoms with Gasteiger partial charge in [0.1, 0.15) is 0 Å². The quantitative estimate of drug-likeness (QED) is 0.313. The van der Waals surface area contributed by atoms with Crippen LogP contribution in [0.15, 0.2) is 0 Å². The zero-order chi connectivity index (χ0) is 15.5. The van der Waals surface area contributed by atoms with Crippen molar-refractivity contribution < 1.29 is 10.2 Å². The van der Waals surface area contributed by atoms with Gasteiger partial charge in [0.25, 0.3) is 0 Å². The van der Waals surface area contributed by atoms with Gasteiger partial charge < -0.3 is 21.3 Å². The summed E-state index contributed by atoms with van der Waals surface area (Å²) in [4.78, 5) is 4.06. The summed E-state index contributed by atoms with van der Waals surface area (Å²) in [6.45, 7) is 7.25. The third kappa shape index (κ3) is 7.32. The second-order valence-corrected chi connectivity index (χ2v) is 6.52. The van der Waals surface area contributed by atoms with Gasteiger partial charge in [0, 0.05) is 57.9 Å². The first-order chi connectivity index (χ1) is 10.9. The molecular weight excluding hydrogens is 282 g/mol. The van der Waals surface area contributed by atoms with Crippen LogP contribution in [0.3, 0.4) is 0 Å². The zero-order valence-corrected chi connectivity index (χ0v) is 13.6. The number of nitrogens with one attached hydrogen (secondary N) is 5. The van der Waals surface area contributed by atoms with E-state index >= 15 is 0 Å². The fraction of sp³-hybridized carbons (Fsp3) is 1.00. The Morgan fingerprint density at radius 1 is 0.864 bits per heavy atom. The van der Waals surface area contributed by atoms with Crippen molar-refractivity contribution in [2.24, 2.45) is 5.92 Å². The van der Waals surface area contributed by atoms with Gasteiger partial charge in [-0.3, -0.25) is 0 Å². The van der Waals surface area contributed by atoms with Crippen LogP contribution in [0.5, 0.6) is 0 Å². The predicted octanol–water partition coefficient (Wildman–Crippen LogP) is -0.330. The Morgan fingerprint density at radius 3 is 2.18 bits per heavy atom. The van der Waals surface area contributed by atoms with Gasteiger partial charge in [-0.1, -0.05) is 0 Å². The SMILES string of the molecule is OONC1CCC(CC2CNCCNCCNCCN2)CC1. The molecule has 0 aromatic heterocycles. The van der Waals surface area contributed by atoms with Crippen LogP contribution < -0.4 is 26.7 Å². The molecule has 7 heteroatoms. The van der Waals surface area contributed by atoms with E-state index in [0.29, 0.717) is 12.1 Å². The van der Waals surface area contributed by atoms with Crippen LogP contribution >= 0.6 is 0 Å². The van der Waals surface area contributed by atoms with E-state index in [1.54, 1.807) is 0 Å². The molecule has 0 amide bonds. The molecule has 1 aliphatic carbocycles. The summed E-state index contributed by atoms with van der Waals surface area (Å²) in [6, 6.07) is 0.851. The molecule has 0 radical (unpaired) electrons. The van der Waals surface area contributed by atoms with Gasteiger partial charge in [0.15, 0.2) is 0 Å². The second-order valence-electron chi connectivity index (χ2n) is 6.52. The lowest BCUT2D eigenvalue weighted by molar-refractivity contribution is -0.301. The van der Waals surface area contributed by atoms with Crippen LogP contribution in [0, 0.1) is 5.92 Å². The standard InChI is InChI=1S/C15H33N5O2/c21-22-20-14-3-1-13(2-4-14)11-15-12-18-8-7-16-5-6-17-9-10-19-15/h13-21H,1-12H2. The topological polar surface area (TPSA) is 89.6 Å². The lowest BCUT2D eigenvalue weighted by atomic mass is 9.82. The van der Waals surface area contributed by atoms with Gasteiger partial charge in [0.05, 0.1) is 0 Å². The third-order valence-electron chi connectivity index (χ3n) is 4.77. The highest BCUT2D eigenvalue weighted by Gasteiger charge is 2.23. The molecule has 1 unspecified atom stereocenters. The molecule has 7 nitrogen and oxygen atoms in total. The first kappa shape index (κ1) is 18.1. The Balaban J connectivity index is 1.68. The molecule has 0 aromatic rings. The predicted molar refractivity (Wildman–Crippen MR) is 87.6 cm³/mol. The highest BCUT2D eigenvalue weighted by Crippen LogP contribution is 2.27. The average molecular weight is 315 g/mol. The van der Waals surface area contributed by atoms with Crippen molar-refractivity contribution in [2.45, 2.75) is 44.2 Å². The van der Waals surface area contributed by atoms with Crippen LogP contribution in [0.1, 0.15) is 32.1 Å². The maximum Gasteiger partial charge on any atom is 0.0352 e. The van der Waals surface area contributed by atoms with Crippen molar-refractivity contribution in [3.8, 4) is 0 Å². The van der Waals surface area contributed by atoms with E-state index in [2.05, 4.69) is 31.7 Å². The van der Waals surface area contributed by atoms with Crippen molar-refractivity contribution in [1.29, 1.82) is 0 Å². The van der Waals surface area contributed by atoms with E-state index in [9.17, 15) is 0 Å². The van der Waals surface area contributed by atoms with E-state index in [1.165, 1.54) is 19.3 Å². The molecule has 6 N–H and O–H groups in total. The molecule has 22 heavy (non-hydrogen) atoms. The molecule has 1 saturated heterocycles. The Kier molecular flexibility index (Phi) is 9.27. The van der Waals surface area contributed by atoms with Gasteiger partial charge in [-0.15, -0.1) is 4.99 Å². The lowest BCUT2D eigenvalue weighted by Crippen LogP contribution is -2.46.